The SMILES string of the molecule is CCc1cccc(C)c1NC(=O)C[NH+]1CCN(c2cccc(C)c2C)CC1. The number of carbonyl (C=O) groups is 1. The van der Waals surface area contributed by atoms with E-state index in [0.29, 0.717) is 6.54 Å². The van der Waals surface area contributed by atoms with Gasteiger partial charge in [-0.1, -0.05) is 37.3 Å². The predicted octanol–water partition coefficient (Wildman–Crippen LogP) is 2.52. The number of quaternary nitrogens is 1. The number of nitrogens with zero attached hydrogens (tertiary/aromatic N) is 1. The molecule has 0 spiro atoms. The second kappa shape index (κ2) is 8.57. The lowest BCUT2D eigenvalue weighted by atomic mass is 10.1. The number of hydrogen-bond donors (Lipinski definition) is 2. The average molecular weight is 367 g/mol. The topological polar surface area (TPSA) is 36.8 Å². The van der Waals surface area contributed by atoms with Crippen molar-refractivity contribution in [2.24, 2.45) is 0 Å². The van der Waals surface area contributed by atoms with Crippen molar-refractivity contribution in [2.75, 3.05) is 42.9 Å². The van der Waals surface area contributed by atoms with Gasteiger partial charge in [0.25, 0.3) is 5.91 Å². The first-order valence-electron chi connectivity index (χ1n) is 10.0. The quantitative estimate of drug-likeness (QED) is 0.853. The molecular weight excluding hydrogens is 334 g/mol. The van der Waals surface area contributed by atoms with Gasteiger partial charge in [0.15, 0.2) is 6.54 Å². The highest BCUT2D eigenvalue weighted by Crippen LogP contribution is 2.23. The summed E-state index contributed by atoms with van der Waals surface area (Å²) in [7, 11) is 0. The van der Waals surface area contributed by atoms with E-state index in [1.165, 1.54) is 27.3 Å². The summed E-state index contributed by atoms with van der Waals surface area (Å²) in [6.45, 7) is 13.1. The molecule has 2 N–H and O–H groups in total. The smallest absolute Gasteiger partial charge is 0.279 e. The van der Waals surface area contributed by atoms with Gasteiger partial charge in [-0.2, -0.15) is 0 Å². The van der Waals surface area contributed by atoms with Crippen LogP contribution in [0.4, 0.5) is 11.4 Å². The van der Waals surface area contributed by atoms with Gasteiger partial charge in [-0.05, 0) is 55.5 Å². The van der Waals surface area contributed by atoms with Gasteiger partial charge in [0.2, 0.25) is 0 Å². The molecular formula is C23H32N3O+. The van der Waals surface area contributed by atoms with Crippen molar-refractivity contribution < 1.29 is 9.69 Å². The van der Waals surface area contributed by atoms with Crippen LogP contribution < -0.4 is 15.1 Å². The van der Waals surface area contributed by atoms with Crippen LogP contribution in [0.5, 0.6) is 0 Å². The monoisotopic (exact) mass is 366 g/mol. The predicted molar refractivity (Wildman–Crippen MR) is 113 cm³/mol. The Morgan fingerprint density at radius 3 is 2.41 bits per heavy atom. The second-order valence-corrected chi connectivity index (χ2v) is 7.64. The van der Waals surface area contributed by atoms with Gasteiger partial charge >= 0.3 is 0 Å². The highest BCUT2D eigenvalue weighted by molar-refractivity contribution is 5.93. The van der Waals surface area contributed by atoms with Gasteiger partial charge in [-0.25, -0.2) is 0 Å². The Morgan fingerprint density at radius 1 is 1.04 bits per heavy atom. The maximum absolute atomic E-state index is 12.6. The Hall–Kier alpha value is -2.33. The number of carbonyl (C=O) groups excluding carboxylic acids is 1. The third kappa shape index (κ3) is 4.51. The number of hydrogen-bond acceptors (Lipinski definition) is 2. The minimum absolute atomic E-state index is 0.120. The normalized spacial score (nSPS) is 15.0. The number of benzene rings is 2. The van der Waals surface area contributed by atoms with Crippen molar-refractivity contribution in [3.05, 3.63) is 58.7 Å². The number of anilines is 2. The molecule has 0 aromatic heterocycles. The van der Waals surface area contributed by atoms with Crippen molar-refractivity contribution in [1.29, 1.82) is 0 Å². The molecule has 4 nitrogen and oxygen atoms in total. The highest BCUT2D eigenvalue weighted by atomic mass is 16.2. The van der Waals surface area contributed by atoms with Crippen LogP contribution in [0, 0.1) is 20.8 Å². The first kappa shape index (κ1) is 19.4. The zero-order valence-corrected chi connectivity index (χ0v) is 17.1. The first-order valence-corrected chi connectivity index (χ1v) is 10.0. The zero-order chi connectivity index (χ0) is 19.4. The van der Waals surface area contributed by atoms with E-state index in [1.807, 2.05) is 0 Å². The Balaban J connectivity index is 1.56. The average Bonchev–Trinajstić information content (AvgIpc) is 2.66. The number of rotatable bonds is 5. The van der Waals surface area contributed by atoms with E-state index in [-0.39, 0.29) is 5.91 Å². The number of amides is 1. The summed E-state index contributed by atoms with van der Waals surface area (Å²) in [5.41, 5.74) is 7.39. The minimum Gasteiger partial charge on any atom is -0.360 e. The fraction of sp³-hybridized carbons (Fsp3) is 0.435. The molecule has 0 unspecified atom stereocenters. The fourth-order valence-electron chi connectivity index (χ4n) is 3.93. The van der Waals surface area contributed by atoms with Crippen LogP contribution in [0.25, 0.3) is 0 Å². The molecule has 4 heteroatoms. The third-order valence-electron chi connectivity index (χ3n) is 5.80. The van der Waals surface area contributed by atoms with Crippen molar-refractivity contribution in [3.8, 4) is 0 Å². The zero-order valence-electron chi connectivity index (χ0n) is 17.1. The lowest BCUT2D eigenvalue weighted by molar-refractivity contribution is -0.892. The largest absolute Gasteiger partial charge is 0.360 e. The highest BCUT2D eigenvalue weighted by Gasteiger charge is 2.23. The van der Waals surface area contributed by atoms with E-state index in [2.05, 4.69) is 74.3 Å². The summed E-state index contributed by atoms with van der Waals surface area (Å²) in [4.78, 5) is 16.4. The van der Waals surface area contributed by atoms with Crippen LogP contribution in [0.15, 0.2) is 36.4 Å². The van der Waals surface area contributed by atoms with Crippen LogP contribution in [0.1, 0.15) is 29.2 Å². The molecule has 0 bridgehead atoms. The first-order chi connectivity index (χ1) is 13.0. The Morgan fingerprint density at radius 2 is 1.70 bits per heavy atom. The molecule has 1 aliphatic heterocycles. The minimum atomic E-state index is 0.120. The van der Waals surface area contributed by atoms with Crippen molar-refractivity contribution in [2.45, 2.75) is 34.1 Å². The van der Waals surface area contributed by atoms with Crippen LogP contribution >= 0.6 is 0 Å². The number of para-hydroxylation sites is 1. The van der Waals surface area contributed by atoms with E-state index in [4.69, 9.17) is 0 Å². The standard InChI is InChI=1S/C23H31N3O/c1-5-20-10-6-9-18(3)23(20)24-22(27)16-25-12-14-26(15-13-25)21-11-7-8-17(2)19(21)4/h6-11H,5,12-16H2,1-4H3,(H,24,27)/p+1. The Kier molecular flexibility index (Phi) is 6.17. The van der Waals surface area contributed by atoms with E-state index in [1.54, 1.807) is 0 Å². The van der Waals surface area contributed by atoms with Crippen molar-refractivity contribution >= 4 is 17.3 Å². The molecule has 1 aliphatic rings. The molecule has 0 atom stereocenters. The number of nitrogens with one attached hydrogen (secondary N) is 2. The summed E-state index contributed by atoms with van der Waals surface area (Å²) in [5.74, 6) is 0.120. The van der Waals surface area contributed by atoms with Crippen LogP contribution in [0.2, 0.25) is 0 Å². The molecule has 0 radical (unpaired) electrons. The van der Waals surface area contributed by atoms with Crippen molar-refractivity contribution in [3.63, 3.8) is 0 Å². The summed E-state index contributed by atoms with van der Waals surface area (Å²) in [6.07, 6.45) is 0.929. The second-order valence-electron chi connectivity index (χ2n) is 7.64. The molecule has 144 valence electrons. The molecule has 2 aromatic rings. The van der Waals surface area contributed by atoms with Gasteiger partial charge in [0.05, 0.1) is 26.2 Å². The molecule has 3 rings (SSSR count). The van der Waals surface area contributed by atoms with Gasteiger partial charge in [-0.3, -0.25) is 4.79 Å². The summed E-state index contributed by atoms with van der Waals surface area (Å²) in [6, 6.07) is 12.7. The molecule has 1 amide bonds. The van der Waals surface area contributed by atoms with Crippen LogP contribution in [-0.2, 0) is 11.2 Å². The van der Waals surface area contributed by atoms with E-state index < -0.39 is 0 Å². The van der Waals surface area contributed by atoms with E-state index in [0.717, 1.165) is 43.9 Å². The van der Waals surface area contributed by atoms with Crippen LogP contribution in [-0.4, -0.2) is 38.6 Å². The van der Waals surface area contributed by atoms with Gasteiger partial charge in [-0.15, -0.1) is 0 Å². The molecule has 1 saturated heterocycles. The maximum atomic E-state index is 12.6. The summed E-state index contributed by atoms with van der Waals surface area (Å²) >= 11 is 0. The summed E-state index contributed by atoms with van der Waals surface area (Å²) in [5, 5.41) is 3.16. The Labute approximate surface area is 163 Å². The molecule has 0 aliphatic carbocycles. The van der Waals surface area contributed by atoms with Crippen molar-refractivity contribution in [1.82, 2.24) is 0 Å². The summed E-state index contributed by atoms with van der Waals surface area (Å²) < 4.78 is 0. The lowest BCUT2D eigenvalue weighted by Crippen LogP contribution is -3.15. The molecule has 1 heterocycles. The van der Waals surface area contributed by atoms with Gasteiger partial charge in [0.1, 0.15) is 0 Å². The van der Waals surface area contributed by atoms with Gasteiger partial charge < -0.3 is 15.1 Å². The third-order valence-corrected chi connectivity index (χ3v) is 5.80. The lowest BCUT2D eigenvalue weighted by Gasteiger charge is -2.34. The fourth-order valence-corrected chi connectivity index (χ4v) is 3.93. The Bertz CT molecular complexity index is 807. The molecule has 0 saturated carbocycles. The maximum Gasteiger partial charge on any atom is 0.279 e. The molecule has 2 aromatic carbocycles. The molecule has 1 fully saturated rings. The number of piperazine rings is 1. The molecule has 27 heavy (non-hydrogen) atoms. The van der Waals surface area contributed by atoms with E-state index in [9.17, 15) is 4.79 Å². The van der Waals surface area contributed by atoms with E-state index >= 15 is 0 Å². The van der Waals surface area contributed by atoms with Gasteiger partial charge in [0, 0.05) is 11.4 Å². The number of aryl methyl sites for hydroxylation is 3. The van der Waals surface area contributed by atoms with Crippen LogP contribution in [0.3, 0.4) is 0 Å².